The van der Waals surface area contributed by atoms with E-state index < -0.39 is 24.3 Å². The summed E-state index contributed by atoms with van der Waals surface area (Å²) in [5, 5.41) is 11.3. The Balaban J connectivity index is 1.60. The molecule has 1 atom stereocenters. The second kappa shape index (κ2) is 13.0. The number of hydrogen-bond acceptors (Lipinski definition) is 5. The van der Waals surface area contributed by atoms with Crippen LogP contribution in [0.4, 0.5) is 10.1 Å². The number of halogens is 2. The Kier molecular flexibility index (Phi) is 9.65. The van der Waals surface area contributed by atoms with Gasteiger partial charge in [0.05, 0.1) is 17.0 Å². The highest BCUT2D eigenvalue weighted by atomic mass is 35.5. The maximum absolute atomic E-state index is 14.9. The molecular weight excluding hydrogens is 589 g/mol. The molecule has 2 aliphatic rings. The van der Waals surface area contributed by atoms with Gasteiger partial charge in [-0.2, -0.15) is 0 Å². The Morgan fingerprint density at radius 1 is 1.11 bits per heavy atom. The summed E-state index contributed by atoms with van der Waals surface area (Å²) in [7, 11) is 0. The minimum atomic E-state index is -1.24. The lowest BCUT2D eigenvalue weighted by Crippen LogP contribution is -2.39. The van der Waals surface area contributed by atoms with Crippen LogP contribution in [0.5, 0.6) is 0 Å². The van der Waals surface area contributed by atoms with Crippen LogP contribution in [0.3, 0.4) is 0 Å². The fourth-order valence-electron chi connectivity index (χ4n) is 6.72. The lowest BCUT2D eigenvalue weighted by molar-refractivity contribution is -0.160. The van der Waals surface area contributed by atoms with Crippen molar-refractivity contribution in [3.63, 3.8) is 0 Å². The first-order valence-corrected chi connectivity index (χ1v) is 16.4. The van der Waals surface area contributed by atoms with E-state index in [2.05, 4.69) is 54.8 Å². The van der Waals surface area contributed by atoms with Crippen molar-refractivity contribution in [2.45, 2.75) is 99.2 Å². The zero-order valence-corrected chi connectivity index (χ0v) is 28.5. The second-order valence-electron chi connectivity index (χ2n) is 14.5. The molecule has 3 heterocycles. The number of hydrogen-bond donors (Lipinski definition) is 1. The van der Waals surface area contributed by atoms with Crippen LogP contribution < -0.4 is 4.90 Å². The molecule has 242 valence electrons. The van der Waals surface area contributed by atoms with E-state index in [0.29, 0.717) is 22.5 Å². The molecule has 8 heteroatoms. The third kappa shape index (κ3) is 7.37. The van der Waals surface area contributed by atoms with Crippen LogP contribution in [0.2, 0.25) is 5.02 Å². The van der Waals surface area contributed by atoms with Crippen molar-refractivity contribution in [2.75, 3.05) is 24.5 Å². The van der Waals surface area contributed by atoms with Gasteiger partial charge in [0.2, 0.25) is 0 Å². The fourth-order valence-corrected chi connectivity index (χ4v) is 7.00. The van der Waals surface area contributed by atoms with Gasteiger partial charge in [-0.3, -0.25) is 9.88 Å². The van der Waals surface area contributed by atoms with Crippen molar-refractivity contribution in [3.05, 3.63) is 80.6 Å². The number of aromatic nitrogens is 1. The zero-order valence-electron chi connectivity index (χ0n) is 27.8. The monoisotopic (exact) mass is 635 g/mol. The van der Waals surface area contributed by atoms with E-state index in [-0.39, 0.29) is 5.41 Å². The fraction of sp³-hybridized carbons (Fsp3) is 0.514. The number of aryl methyl sites for hydroxylation is 2. The van der Waals surface area contributed by atoms with Crippen LogP contribution in [0.15, 0.2) is 36.4 Å². The van der Waals surface area contributed by atoms with E-state index in [1.807, 2.05) is 32.9 Å². The zero-order chi connectivity index (χ0) is 32.7. The molecule has 3 aromatic rings. The largest absolute Gasteiger partial charge is 0.479 e. The highest BCUT2D eigenvalue weighted by Gasteiger charge is 2.37. The smallest absolute Gasteiger partial charge is 0.337 e. The maximum atomic E-state index is 14.9. The molecule has 1 saturated heterocycles. The van der Waals surface area contributed by atoms with E-state index in [1.165, 1.54) is 16.7 Å². The van der Waals surface area contributed by atoms with Gasteiger partial charge in [-0.1, -0.05) is 55.8 Å². The molecule has 0 radical (unpaired) electrons. The number of nitrogens with zero attached hydrogens (tertiary/aromatic N) is 3. The van der Waals surface area contributed by atoms with Gasteiger partial charge in [-0.25, -0.2) is 9.18 Å². The van der Waals surface area contributed by atoms with Crippen LogP contribution in [0.25, 0.3) is 11.1 Å². The van der Waals surface area contributed by atoms with E-state index in [4.69, 9.17) is 21.3 Å². The number of rotatable bonds is 8. The number of alkyl halides is 1. The van der Waals surface area contributed by atoms with Crippen LogP contribution >= 0.6 is 11.6 Å². The highest BCUT2D eigenvalue weighted by Crippen LogP contribution is 2.45. The molecule has 0 spiro atoms. The molecule has 45 heavy (non-hydrogen) atoms. The van der Waals surface area contributed by atoms with E-state index in [9.17, 15) is 14.3 Å². The van der Waals surface area contributed by atoms with E-state index in [1.54, 1.807) is 6.92 Å². The van der Waals surface area contributed by atoms with Gasteiger partial charge < -0.3 is 14.7 Å². The van der Waals surface area contributed by atoms with E-state index in [0.717, 1.165) is 73.8 Å². The number of aliphatic carboxylic acids is 1. The average Bonchev–Trinajstić information content (AvgIpc) is 2.97. The lowest BCUT2D eigenvalue weighted by Gasteiger charge is -2.41. The van der Waals surface area contributed by atoms with Gasteiger partial charge in [0.25, 0.3) is 0 Å². The van der Waals surface area contributed by atoms with Gasteiger partial charge in [0, 0.05) is 54.6 Å². The first-order valence-electron chi connectivity index (χ1n) is 16.0. The van der Waals surface area contributed by atoms with Crippen LogP contribution in [-0.4, -0.2) is 46.2 Å². The predicted molar refractivity (Wildman–Crippen MR) is 180 cm³/mol. The van der Waals surface area contributed by atoms with Crippen molar-refractivity contribution >= 4 is 23.3 Å². The molecule has 0 amide bonds. The number of benzene rings is 2. The predicted octanol–water partition coefficient (Wildman–Crippen LogP) is 8.61. The first-order chi connectivity index (χ1) is 21.2. The second-order valence-corrected chi connectivity index (χ2v) is 14.9. The average molecular weight is 636 g/mol. The van der Waals surface area contributed by atoms with Gasteiger partial charge >= 0.3 is 5.97 Å². The summed E-state index contributed by atoms with van der Waals surface area (Å²) in [4.78, 5) is 22.2. The summed E-state index contributed by atoms with van der Waals surface area (Å²) in [5.41, 5.74) is 7.90. The SMILES string of the molecule is Cc1cccc(Cl)c1CN1CCc2cc(-c3c(CF)nc(C)c([C@H](OC(C)(C)C)C(=O)O)c3N3CCC(C)(C)CC3)ccc2C1. The molecular formula is C37H47ClFN3O3. The third-order valence-electron chi connectivity index (χ3n) is 9.31. The molecule has 1 aromatic heterocycles. The molecule has 1 fully saturated rings. The van der Waals surface area contributed by atoms with Crippen molar-refractivity contribution in [2.24, 2.45) is 5.41 Å². The van der Waals surface area contributed by atoms with Crippen LogP contribution in [0.1, 0.15) is 92.8 Å². The quantitative estimate of drug-likeness (QED) is 0.267. The third-order valence-corrected chi connectivity index (χ3v) is 9.67. The Morgan fingerprint density at radius 2 is 1.82 bits per heavy atom. The summed E-state index contributed by atoms with van der Waals surface area (Å²) in [6.07, 6.45) is 1.50. The van der Waals surface area contributed by atoms with Crippen molar-refractivity contribution in [1.82, 2.24) is 9.88 Å². The Labute approximate surface area is 272 Å². The van der Waals surface area contributed by atoms with Crippen LogP contribution in [-0.2, 0) is 35.7 Å². The molecule has 5 rings (SSSR count). The summed E-state index contributed by atoms with van der Waals surface area (Å²) in [6.45, 7) is 17.1. The Morgan fingerprint density at radius 3 is 2.44 bits per heavy atom. The van der Waals surface area contributed by atoms with Gasteiger partial charge in [-0.15, -0.1) is 0 Å². The number of carboxylic acids is 1. The van der Waals surface area contributed by atoms with Gasteiger partial charge in [-0.05, 0) is 93.2 Å². The molecule has 0 unspecified atom stereocenters. The summed E-state index contributed by atoms with van der Waals surface area (Å²) in [6, 6.07) is 12.4. The van der Waals surface area contributed by atoms with Crippen molar-refractivity contribution < 1.29 is 19.0 Å². The van der Waals surface area contributed by atoms with Gasteiger partial charge in [0.15, 0.2) is 6.10 Å². The summed E-state index contributed by atoms with van der Waals surface area (Å²) in [5.74, 6) is -1.08. The van der Waals surface area contributed by atoms with Crippen molar-refractivity contribution in [3.8, 4) is 11.1 Å². The molecule has 1 N–H and O–H groups in total. The standard InChI is InChI=1S/C37H47ClFN3O3/c1-23-9-8-10-29(38)28(23)22-41-16-13-25-19-26(11-12-27(25)21-41)32-30(20-39)40-24(2)31(34(35(43)44)45-36(3,4)5)33(32)42-17-14-37(6,7)15-18-42/h8-12,19,34H,13-18,20-22H2,1-7H3,(H,43,44)/t34-/m0/s1. The minimum absolute atomic E-state index is 0.177. The normalized spacial score (nSPS) is 17.7. The molecule has 6 nitrogen and oxygen atoms in total. The molecule has 2 aliphatic heterocycles. The van der Waals surface area contributed by atoms with Crippen molar-refractivity contribution in [1.29, 1.82) is 0 Å². The molecule has 2 aromatic carbocycles. The Hall–Kier alpha value is -3.00. The van der Waals surface area contributed by atoms with E-state index >= 15 is 0 Å². The summed E-state index contributed by atoms with van der Waals surface area (Å²) < 4.78 is 21.1. The summed E-state index contributed by atoms with van der Waals surface area (Å²) >= 11 is 6.55. The number of pyridine rings is 1. The topological polar surface area (TPSA) is 65.9 Å². The number of ether oxygens (including phenoxy) is 1. The maximum Gasteiger partial charge on any atom is 0.337 e. The first kappa shape index (κ1) is 33.4. The van der Waals surface area contributed by atoms with Gasteiger partial charge in [0.1, 0.15) is 6.67 Å². The Bertz CT molecular complexity index is 1550. The molecule has 0 saturated carbocycles. The minimum Gasteiger partial charge on any atom is -0.479 e. The van der Waals surface area contributed by atoms with Crippen LogP contribution in [0, 0.1) is 19.3 Å². The molecule has 0 bridgehead atoms. The molecule has 0 aliphatic carbocycles. The number of carbonyl (C=O) groups is 1. The number of anilines is 1. The number of piperidine rings is 1. The number of fused-ring (bicyclic) bond motifs is 1. The lowest BCUT2D eigenvalue weighted by atomic mass is 9.81. The highest BCUT2D eigenvalue weighted by molar-refractivity contribution is 6.31. The number of carboxylic acid groups (broad SMARTS) is 1.